The molecule has 1 aliphatic carbocycles. The number of aryl methyl sites for hydroxylation is 1. The molecule has 0 aromatic carbocycles. The molecule has 1 amide bonds. The van der Waals surface area contributed by atoms with Crippen molar-refractivity contribution in [3.63, 3.8) is 0 Å². The number of amides is 1. The highest BCUT2D eigenvalue weighted by atomic mass is 79.9. The fourth-order valence-electron chi connectivity index (χ4n) is 2.81. The maximum absolute atomic E-state index is 12.8. The van der Waals surface area contributed by atoms with E-state index in [1.165, 1.54) is 0 Å². The lowest BCUT2D eigenvalue weighted by Crippen LogP contribution is -2.44. The smallest absolute Gasteiger partial charge is 0.264 e. The minimum Gasteiger partial charge on any atom is -0.335 e. The van der Waals surface area contributed by atoms with E-state index in [2.05, 4.69) is 27.8 Å². The average Bonchev–Trinajstić information content (AvgIpc) is 2.77. The van der Waals surface area contributed by atoms with Gasteiger partial charge in [-0.2, -0.15) is 0 Å². The topological polar surface area (TPSA) is 46.3 Å². The standard InChI is InChI=1S/C15H23BrN2OS/c1-3-8-18(12-6-4-11(17)5-7-12)15(19)13-9-10(2)14(16)20-13/h9,11-12H,3-8,17H2,1-2H3. The van der Waals surface area contributed by atoms with Gasteiger partial charge in [0.15, 0.2) is 0 Å². The van der Waals surface area contributed by atoms with Crippen LogP contribution >= 0.6 is 27.3 Å². The average molecular weight is 359 g/mol. The first-order valence-corrected chi connectivity index (χ1v) is 8.96. The Morgan fingerprint density at radius 2 is 2.10 bits per heavy atom. The zero-order chi connectivity index (χ0) is 14.7. The quantitative estimate of drug-likeness (QED) is 0.885. The van der Waals surface area contributed by atoms with Crippen molar-refractivity contribution in [2.24, 2.45) is 5.73 Å². The molecule has 2 N–H and O–H groups in total. The summed E-state index contributed by atoms with van der Waals surface area (Å²) in [5.74, 6) is 0.186. The molecule has 3 nitrogen and oxygen atoms in total. The highest BCUT2D eigenvalue weighted by Gasteiger charge is 2.28. The largest absolute Gasteiger partial charge is 0.335 e. The van der Waals surface area contributed by atoms with Gasteiger partial charge in [-0.3, -0.25) is 4.79 Å². The van der Waals surface area contributed by atoms with Crippen molar-refractivity contribution < 1.29 is 4.79 Å². The molecule has 0 unspecified atom stereocenters. The third kappa shape index (κ3) is 3.62. The monoisotopic (exact) mass is 358 g/mol. The van der Waals surface area contributed by atoms with Gasteiger partial charge >= 0.3 is 0 Å². The summed E-state index contributed by atoms with van der Waals surface area (Å²) in [5.41, 5.74) is 7.11. The molecule has 5 heteroatoms. The first-order valence-electron chi connectivity index (χ1n) is 7.35. The molecule has 0 atom stereocenters. The van der Waals surface area contributed by atoms with Gasteiger partial charge in [0.25, 0.3) is 5.91 Å². The van der Waals surface area contributed by atoms with Crippen molar-refractivity contribution in [1.29, 1.82) is 0 Å². The molecule has 0 saturated heterocycles. The number of nitrogens with two attached hydrogens (primary N) is 1. The van der Waals surface area contributed by atoms with Gasteiger partial charge in [0.05, 0.1) is 8.66 Å². The third-order valence-electron chi connectivity index (χ3n) is 3.98. The van der Waals surface area contributed by atoms with Crippen molar-refractivity contribution in [2.75, 3.05) is 6.54 Å². The van der Waals surface area contributed by atoms with E-state index in [9.17, 15) is 4.79 Å². The van der Waals surface area contributed by atoms with E-state index in [4.69, 9.17) is 5.73 Å². The number of rotatable bonds is 4. The van der Waals surface area contributed by atoms with Crippen molar-refractivity contribution in [3.05, 3.63) is 20.3 Å². The number of carbonyl (C=O) groups excluding carboxylic acids is 1. The number of nitrogens with zero attached hydrogens (tertiary/aromatic N) is 1. The van der Waals surface area contributed by atoms with Crippen LogP contribution in [0.3, 0.4) is 0 Å². The molecule has 1 aliphatic rings. The number of hydrogen-bond acceptors (Lipinski definition) is 3. The molecule has 1 aromatic heterocycles. The van der Waals surface area contributed by atoms with E-state index in [1.54, 1.807) is 11.3 Å². The Morgan fingerprint density at radius 1 is 1.45 bits per heavy atom. The molecule has 1 saturated carbocycles. The second-order valence-corrected chi connectivity index (χ2v) is 8.00. The van der Waals surface area contributed by atoms with Gasteiger partial charge in [0.2, 0.25) is 0 Å². The predicted octanol–water partition coefficient (Wildman–Crippen LogP) is 3.94. The predicted molar refractivity (Wildman–Crippen MR) is 88.3 cm³/mol. The zero-order valence-electron chi connectivity index (χ0n) is 12.2. The van der Waals surface area contributed by atoms with Gasteiger partial charge in [-0.1, -0.05) is 6.92 Å². The van der Waals surface area contributed by atoms with E-state index < -0.39 is 0 Å². The molecule has 1 aromatic rings. The fourth-order valence-corrected chi connectivity index (χ4v) is 4.30. The number of hydrogen-bond donors (Lipinski definition) is 1. The van der Waals surface area contributed by atoms with Crippen LogP contribution < -0.4 is 5.73 Å². The normalized spacial score (nSPS) is 22.8. The summed E-state index contributed by atoms with van der Waals surface area (Å²) in [5, 5.41) is 0. The Labute approximate surface area is 133 Å². The van der Waals surface area contributed by atoms with Crippen LogP contribution in [0.4, 0.5) is 0 Å². The van der Waals surface area contributed by atoms with Crippen LogP contribution in [0.1, 0.15) is 54.3 Å². The van der Waals surface area contributed by atoms with Gasteiger partial charge in [-0.05, 0) is 66.6 Å². The van der Waals surface area contributed by atoms with Crippen molar-refractivity contribution >= 4 is 33.2 Å². The minimum atomic E-state index is 0.186. The second-order valence-electron chi connectivity index (χ2n) is 5.63. The number of carbonyl (C=O) groups is 1. The molecule has 0 bridgehead atoms. The van der Waals surface area contributed by atoms with Crippen molar-refractivity contribution in [3.8, 4) is 0 Å². The molecule has 0 aliphatic heterocycles. The SMILES string of the molecule is CCCN(C(=O)c1cc(C)c(Br)s1)C1CCC(N)CC1. The molecule has 20 heavy (non-hydrogen) atoms. The summed E-state index contributed by atoms with van der Waals surface area (Å²) in [4.78, 5) is 15.7. The molecule has 2 rings (SSSR count). The fraction of sp³-hybridized carbons (Fsp3) is 0.667. The molecule has 112 valence electrons. The first kappa shape index (κ1) is 16.0. The lowest BCUT2D eigenvalue weighted by atomic mass is 9.90. The third-order valence-corrected chi connectivity index (χ3v) is 6.10. The summed E-state index contributed by atoms with van der Waals surface area (Å²) < 4.78 is 1.06. The van der Waals surface area contributed by atoms with Gasteiger partial charge in [-0.15, -0.1) is 11.3 Å². The highest BCUT2D eigenvalue weighted by Crippen LogP contribution is 2.30. The van der Waals surface area contributed by atoms with E-state index in [0.717, 1.165) is 52.9 Å². The van der Waals surface area contributed by atoms with E-state index in [0.29, 0.717) is 12.1 Å². The van der Waals surface area contributed by atoms with Crippen LogP contribution in [-0.2, 0) is 0 Å². The molecular formula is C15H23BrN2OS. The van der Waals surface area contributed by atoms with Crippen molar-refractivity contribution in [2.45, 2.75) is 58.0 Å². The molecule has 0 radical (unpaired) electrons. The van der Waals surface area contributed by atoms with Crippen LogP contribution in [0.15, 0.2) is 9.85 Å². The van der Waals surface area contributed by atoms with E-state index in [1.807, 2.05) is 13.0 Å². The number of halogens is 1. The second kappa shape index (κ2) is 7.05. The molecule has 1 fully saturated rings. The highest BCUT2D eigenvalue weighted by molar-refractivity contribution is 9.11. The summed E-state index contributed by atoms with van der Waals surface area (Å²) in [6.45, 7) is 5.00. The Hall–Kier alpha value is -0.390. The van der Waals surface area contributed by atoms with Gasteiger partial charge < -0.3 is 10.6 Å². The Morgan fingerprint density at radius 3 is 2.60 bits per heavy atom. The van der Waals surface area contributed by atoms with Crippen LogP contribution in [0, 0.1) is 6.92 Å². The summed E-state index contributed by atoms with van der Waals surface area (Å²) in [7, 11) is 0. The summed E-state index contributed by atoms with van der Waals surface area (Å²) in [6, 6.07) is 2.68. The summed E-state index contributed by atoms with van der Waals surface area (Å²) >= 11 is 5.05. The minimum absolute atomic E-state index is 0.186. The van der Waals surface area contributed by atoms with Crippen LogP contribution in [0.5, 0.6) is 0 Å². The molecule has 0 spiro atoms. The maximum Gasteiger partial charge on any atom is 0.264 e. The van der Waals surface area contributed by atoms with Crippen LogP contribution in [0.25, 0.3) is 0 Å². The maximum atomic E-state index is 12.8. The lowest BCUT2D eigenvalue weighted by Gasteiger charge is -2.35. The Kier molecular flexibility index (Phi) is 5.64. The van der Waals surface area contributed by atoms with E-state index in [-0.39, 0.29) is 5.91 Å². The summed E-state index contributed by atoms with van der Waals surface area (Å²) in [6.07, 6.45) is 5.15. The zero-order valence-corrected chi connectivity index (χ0v) is 14.6. The molecule has 1 heterocycles. The van der Waals surface area contributed by atoms with E-state index >= 15 is 0 Å². The van der Waals surface area contributed by atoms with Crippen LogP contribution in [-0.4, -0.2) is 29.4 Å². The van der Waals surface area contributed by atoms with Crippen molar-refractivity contribution in [1.82, 2.24) is 4.90 Å². The Balaban J connectivity index is 2.13. The molecular weight excluding hydrogens is 336 g/mol. The lowest BCUT2D eigenvalue weighted by molar-refractivity contribution is 0.0631. The van der Waals surface area contributed by atoms with Crippen LogP contribution in [0.2, 0.25) is 0 Å². The van der Waals surface area contributed by atoms with Gasteiger partial charge in [0.1, 0.15) is 0 Å². The first-order chi connectivity index (χ1) is 9.52. The Bertz CT molecular complexity index is 447. The van der Waals surface area contributed by atoms with Gasteiger partial charge in [0, 0.05) is 18.6 Å². The van der Waals surface area contributed by atoms with Gasteiger partial charge in [-0.25, -0.2) is 0 Å². The number of thiophene rings is 1.